The van der Waals surface area contributed by atoms with Crippen molar-refractivity contribution < 1.29 is 32.6 Å². The molecule has 0 saturated carbocycles. The van der Waals surface area contributed by atoms with E-state index >= 15 is 0 Å². The number of carbonyl (C=O) groups is 2. The molecular weight excluding hydrogens is 535 g/mol. The van der Waals surface area contributed by atoms with Gasteiger partial charge in [0.25, 0.3) is 5.91 Å². The Kier molecular flexibility index (Phi) is 8.76. The first kappa shape index (κ1) is 28.4. The van der Waals surface area contributed by atoms with Crippen LogP contribution in [0.1, 0.15) is 28.8 Å². The van der Waals surface area contributed by atoms with E-state index in [1.165, 1.54) is 5.56 Å². The van der Waals surface area contributed by atoms with E-state index in [4.69, 9.17) is 26.2 Å². The highest BCUT2D eigenvalue weighted by Gasteiger charge is 2.45. The van der Waals surface area contributed by atoms with Crippen molar-refractivity contribution in [2.45, 2.75) is 25.6 Å². The van der Waals surface area contributed by atoms with Gasteiger partial charge in [-0.15, -0.1) is 0 Å². The van der Waals surface area contributed by atoms with Crippen molar-refractivity contribution in [3.63, 3.8) is 0 Å². The molecule has 2 saturated heterocycles. The number of likely N-dealkylation sites (tertiary alicyclic amines) is 2. The summed E-state index contributed by atoms with van der Waals surface area (Å²) in [5.41, 5.74) is 2.23. The van der Waals surface area contributed by atoms with E-state index < -0.39 is 12.1 Å². The molecule has 3 heterocycles. The number of carboxylic acids is 1. The molecule has 11 heteroatoms. The molecule has 1 spiro atoms. The van der Waals surface area contributed by atoms with Crippen molar-refractivity contribution in [1.82, 2.24) is 14.8 Å². The zero-order valence-corrected chi connectivity index (χ0v) is 21.7. The number of carboxylic acid groups (broad SMARTS) is 1. The van der Waals surface area contributed by atoms with Crippen LogP contribution in [-0.4, -0.2) is 64.1 Å². The molecule has 3 aromatic rings. The standard InChI is InChI=1S/C26H26ClN3O2.C2HF3O2/c27-22-9-7-20(8-10-22)25(31)30-14-11-26(12-15-30)18-29(19-26)17-21-4-1-2-6-24(21)32-23-5-3-13-28-16-23;3-2(4,5)1(6)7/h1-10,13,16H,11-12,14-15,17-19H2;(H,6,7). The predicted molar refractivity (Wildman–Crippen MR) is 139 cm³/mol. The van der Waals surface area contributed by atoms with Crippen molar-refractivity contribution in [3.8, 4) is 11.5 Å². The van der Waals surface area contributed by atoms with E-state index in [-0.39, 0.29) is 5.91 Å². The molecule has 7 nitrogen and oxygen atoms in total. The Morgan fingerprint density at radius 2 is 1.64 bits per heavy atom. The van der Waals surface area contributed by atoms with Gasteiger partial charge in [-0.05, 0) is 60.7 Å². The average Bonchev–Trinajstić information content (AvgIpc) is 2.90. The molecule has 0 bridgehead atoms. The molecule has 2 fully saturated rings. The topological polar surface area (TPSA) is 83.0 Å². The summed E-state index contributed by atoms with van der Waals surface area (Å²) < 4.78 is 37.8. The van der Waals surface area contributed by atoms with E-state index in [1.54, 1.807) is 24.5 Å². The summed E-state index contributed by atoms with van der Waals surface area (Å²) in [6.07, 6.45) is 0.494. The zero-order chi connectivity index (χ0) is 28.0. The Labute approximate surface area is 228 Å². The van der Waals surface area contributed by atoms with Gasteiger partial charge in [0, 0.05) is 55.1 Å². The fourth-order valence-electron chi connectivity index (χ4n) is 4.80. The summed E-state index contributed by atoms with van der Waals surface area (Å²) in [6, 6.07) is 19.2. The molecule has 2 aliphatic rings. The normalized spacial score (nSPS) is 16.6. The highest BCUT2D eigenvalue weighted by atomic mass is 35.5. The number of aromatic nitrogens is 1. The predicted octanol–water partition coefficient (Wildman–Crippen LogP) is 5.90. The second-order valence-electron chi connectivity index (χ2n) is 9.65. The first-order valence-corrected chi connectivity index (χ1v) is 12.7. The summed E-state index contributed by atoms with van der Waals surface area (Å²) in [5.74, 6) is -1.02. The van der Waals surface area contributed by atoms with Crippen molar-refractivity contribution in [2.24, 2.45) is 5.41 Å². The maximum Gasteiger partial charge on any atom is 0.490 e. The minimum absolute atomic E-state index is 0.106. The number of hydrogen-bond donors (Lipinski definition) is 1. The molecule has 0 aliphatic carbocycles. The molecule has 0 radical (unpaired) electrons. The molecule has 1 N–H and O–H groups in total. The highest BCUT2D eigenvalue weighted by molar-refractivity contribution is 6.30. The van der Waals surface area contributed by atoms with Crippen LogP contribution in [0.3, 0.4) is 0 Å². The lowest BCUT2D eigenvalue weighted by molar-refractivity contribution is -0.192. The van der Waals surface area contributed by atoms with E-state index in [2.05, 4.69) is 22.0 Å². The third kappa shape index (κ3) is 7.48. The van der Waals surface area contributed by atoms with E-state index in [1.807, 2.05) is 41.3 Å². The molecule has 1 aromatic heterocycles. The van der Waals surface area contributed by atoms with Gasteiger partial charge in [-0.1, -0.05) is 29.8 Å². The van der Waals surface area contributed by atoms with Gasteiger partial charge in [0.15, 0.2) is 0 Å². The van der Waals surface area contributed by atoms with Crippen LogP contribution >= 0.6 is 11.6 Å². The number of benzene rings is 2. The zero-order valence-electron chi connectivity index (χ0n) is 20.9. The minimum atomic E-state index is -5.08. The van der Waals surface area contributed by atoms with Crippen LogP contribution in [0, 0.1) is 5.41 Å². The number of pyridine rings is 1. The van der Waals surface area contributed by atoms with Crippen molar-refractivity contribution in [2.75, 3.05) is 26.2 Å². The van der Waals surface area contributed by atoms with Gasteiger partial charge in [-0.25, -0.2) is 4.79 Å². The SMILES string of the molecule is O=C(O)C(F)(F)F.O=C(c1ccc(Cl)cc1)N1CCC2(CC1)CN(Cc1ccccc1Oc1cccnc1)C2. The monoisotopic (exact) mass is 561 g/mol. The number of aliphatic carboxylic acids is 1. The smallest absolute Gasteiger partial charge is 0.475 e. The average molecular weight is 562 g/mol. The van der Waals surface area contributed by atoms with Crippen molar-refractivity contribution in [3.05, 3.63) is 89.2 Å². The largest absolute Gasteiger partial charge is 0.490 e. The number of carbonyl (C=O) groups excluding carboxylic acids is 1. The summed E-state index contributed by atoms with van der Waals surface area (Å²) >= 11 is 5.95. The van der Waals surface area contributed by atoms with Crippen LogP contribution in [0.2, 0.25) is 5.02 Å². The van der Waals surface area contributed by atoms with Crippen LogP contribution in [0.4, 0.5) is 13.2 Å². The maximum absolute atomic E-state index is 12.8. The lowest BCUT2D eigenvalue weighted by atomic mass is 9.71. The Balaban J connectivity index is 0.000000448. The molecule has 5 rings (SSSR count). The highest BCUT2D eigenvalue weighted by Crippen LogP contribution is 2.42. The lowest BCUT2D eigenvalue weighted by Crippen LogP contribution is -2.60. The van der Waals surface area contributed by atoms with Crippen molar-refractivity contribution in [1.29, 1.82) is 0 Å². The molecule has 0 atom stereocenters. The Hall–Kier alpha value is -3.63. The van der Waals surface area contributed by atoms with E-state index in [9.17, 15) is 18.0 Å². The number of alkyl halides is 3. The number of amides is 1. The number of ether oxygens (including phenoxy) is 1. The Morgan fingerprint density at radius 3 is 2.23 bits per heavy atom. The number of halogens is 4. The third-order valence-electron chi connectivity index (χ3n) is 6.79. The summed E-state index contributed by atoms with van der Waals surface area (Å²) in [4.78, 5) is 30.3. The van der Waals surface area contributed by atoms with Crippen LogP contribution in [0.5, 0.6) is 11.5 Å². The van der Waals surface area contributed by atoms with E-state index in [0.29, 0.717) is 16.0 Å². The Bertz CT molecular complexity index is 1270. The minimum Gasteiger partial charge on any atom is -0.475 e. The van der Waals surface area contributed by atoms with Crippen LogP contribution in [-0.2, 0) is 11.3 Å². The van der Waals surface area contributed by atoms with E-state index in [0.717, 1.165) is 57.1 Å². The molecule has 2 aliphatic heterocycles. The molecule has 206 valence electrons. The number of rotatable bonds is 5. The summed E-state index contributed by atoms with van der Waals surface area (Å²) in [6.45, 7) is 4.63. The lowest BCUT2D eigenvalue weighted by Gasteiger charge is -2.54. The van der Waals surface area contributed by atoms with Crippen molar-refractivity contribution >= 4 is 23.5 Å². The number of nitrogens with zero attached hydrogens (tertiary/aromatic N) is 3. The van der Waals surface area contributed by atoms with Gasteiger partial charge in [0.05, 0.1) is 6.20 Å². The first-order chi connectivity index (χ1) is 18.5. The number of para-hydroxylation sites is 1. The Morgan fingerprint density at radius 1 is 1.00 bits per heavy atom. The fourth-order valence-corrected chi connectivity index (χ4v) is 4.92. The number of piperidine rings is 1. The molecule has 2 aromatic carbocycles. The number of hydrogen-bond acceptors (Lipinski definition) is 5. The molecule has 1 amide bonds. The summed E-state index contributed by atoms with van der Waals surface area (Å²) in [5, 5.41) is 7.78. The second kappa shape index (κ2) is 12.0. The first-order valence-electron chi connectivity index (χ1n) is 12.3. The van der Waals surface area contributed by atoms with Gasteiger partial charge >= 0.3 is 12.1 Å². The molecule has 39 heavy (non-hydrogen) atoms. The quantitative estimate of drug-likeness (QED) is 0.418. The van der Waals surface area contributed by atoms with Gasteiger partial charge in [0.2, 0.25) is 0 Å². The molecular formula is C28H27ClF3N3O4. The third-order valence-corrected chi connectivity index (χ3v) is 7.04. The van der Waals surface area contributed by atoms with Gasteiger partial charge < -0.3 is 14.7 Å². The van der Waals surface area contributed by atoms with Gasteiger partial charge in [-0.3, -0.25) is 14.7 Å². The van der Waals surface area contributed by atoms with Crippen LogP contribution in [0.25, 0.3) is 0 Å². The van der Waals surface area contributed by atoms with Crippen LogP contribution in [0.15, 0.2) is 73.1 Å². The van der Waals surface area contributed by atoms with Gasteiger partial charge in [0.1, 0.15) is 11.5 Å². The fraction of sp³-hybridized carbons (Fsp3) is 0.321. The van der Waals surface area contributed by atoms with Crippen LogP contribution < -0.4 is 4.74 Å². The van der Waals surface area contributed by atoms with Gasteiger partial charge in [-0.2, -0.15) is 13.2 Å². The summed E-state index contributed by atoms with van der Waals surface area (Å²) in [7, 11) is 0. The maximum atomic E-state index is 12.8. The molecule has 0 unspecified atom stereocenters. The second-order valence-corrected chi connectivity index (χ2v) is 10.1.